The third-order valence-corrected chi connectivity index (χ3v) is 1.93. The maximum Gasteiger partial charge on any atom is 0.214 e. The second-order valence-electron chi connectivity index (χ2n) is 3.12. The molecule has 0 saturated heterocycles. The Bertz CT molecular complexity index is 514. The predicted molar refractivity (Wildman–Crippen MR) is 53.8 cm³/mol. The van der Waals surface area contributed by atoms with Crippen molar-refractivity contribution in [3.63, 3.8) is 0 Å². The van der Waals surface area contributed by atoms with Crippen LogP contribution < -0.4 is 5.32 Å². The van der Waals surface area contributed by atoms with Gasteiger partial charge in [0.25, 0.3) is 0 Å². The van der Waals surface area contributed by atoms with Crippen molar-refractivity contribution in [1.29, 1.82) is 0 Å². The molecule has 0 aliphatic heterocycles. The molecule has 0 bridgehead atoms. The van der Waals surface area contributed by atoms with Crippen molar-refractivity contribution in [2.75, 3.05) is 5.32 Å². The van der Waals surface area contributed by atoms with Gasteiger partial charge in [-0.15, -0.1) is 0 Å². The van der Waals surface area contributed by atoms with Gasteiger partial charge in [-0.25, -0.2) is 13.8 Å². The zero-order valence-electron chi connectivity index (χ0n) is 8.05. The molecule has 1 heterocycles. The van der Waals surface area contributed by atoms with E-state index in [1.54, 1.807) is 0 Å². The largest absolute Gasteiger partial charge is 0.355 e. The molecule has 0 radical (unpaired) electrons. The Hall–Kier alpha value is -2.04. The molecule has 0 spiro atoms. The van der Waals surface area contributed by atoms with Gasteiger partial charge in [-0.1, -0.05) is 0 Å². The topological polar surface area (TPSA) is 24.9 Å². The average Bonchev–Trinajstić information content (AvgIpc) is 2.24. The van der Waals surface area contributed by atoms with Crippen LogP contribution in [0.3, 0.4) is 0 Å². The second-order valence-corrected chi connectivity index (χ2v) is 3.12. The van der Waals surface area contributed by atoms with Gasteiger partial charge in [0, 0.05) is 29.7 Å². The number of rotatable bonds is 2. The minimum absolute atomic E-state index is 0.338. The minimum Gasteiger partial charge on any atom is -0.355 e. The van der Waals surface area contributed by atoms with Crippen LogP contribution in [0.5, 0.6) is 0 Å². The van der Waals surface area contributed by atoms with E-state index in [0.29, 0.717) is 11.4 Å². The van der Waals surface area contributed by atoms with Gasteiger partial charge in [0.1, 0.15) is 0 Å². The van der Waals surface area contributed by atoms with Crippen molar-refractivity contribution < 1.29 is 13.2 Å². The van der Waals surface area contributed by atoms with Gasteiger partial charge < -0.3 is 5.32 Å². The van der Waals surface area contributed by atoms with Crippen LogP contribution in [0, 0.1) is 17.6 Å². The Balaban J connectivity index is 2.24. The molecule has 1 aromatic carbocycles. The zero-order chi connectivity index (χ0) is 11.5. The van der Waals surface area contributed by atoms with Gasteiger partial charge >= 0.3 is 0 Å². The summed E-state index contributed by atoms with van der Waals surface area (Å²) in [5.41, 5.74) is 0.753. The van der Waals surface area contributed by atoms with E-state index >= 15 is 0 Å². The van der Waals surface area contributed by atoms with Crippen LogP contribution in [0.15, 0.2) is 36.5 Å². The van der Waals surface area contributed by atoms with Gasteiger partial charge in [0.2, 0.25) is 5.95 Å². The van der Waals surface area contributed by atoms with Crippen LogP contribution in [-0.2, 0) is 0 Å². The number of aromatic nitrogens is 1. The van der Waals surface area contributed by atoms with Gasteiger partial charge in [-0.05, 0) is 18.2 Å². The molecule has 2 aromatic rings. The Kier molecular flexibility index (Phi) is 2.76. The summed E-state index contributed by atoms with van der Waals surface area (Å²) in [5, 5.41) is 2.73. The Morgan fingerprint density at radius 1 is 0.875 bits per heavy atom. The van der Waals surface area contributed by atoms with E-state index in [4.69, 9.17) is 0 Å². The molecular weight excluding hydrogens is 217 g/mol. The monoisotopic (exact) mass is 224 g/mol. The van der Waals surface area contributed by atoms with Crippen molar-refractivity contribution >= 4 is 11.4 Å². The third-order valence-electron chi connectivity index (χ3n) is 1.93. The average molecular weight is 224 g/mol. The molecule has 16 heavy (non-hydrogen) atoms. The van der Waals surface area contributed by atoms with Crippen LogP contribution in [-0.4, -0.2) is 4.98 Å². The Labute approximate surface area is 89.8 Å². The van der Waals surface area contributed by atoms with Gasteiger partial charge in [-0.2, -0.15) is 4.39 Å². The van der Waals surface area contributed by atoms with Gasteiger partial charge in [0.05, 0.1) is 0 Å². The van der Waals surface area contributed by atoms with E-state index in [1.165, 1.54) is 18.3 Å². The summed E-state index contributed by atoms with van der Waals surface area (Å²) in [4.78, 5) is 3.37. The standard InChI is InChI=1S/C11H7F3N2/c12-9-2-1-7(5-10(9)13)16-8-3-4-15-11(14)6-8/h1-6H,(H,15,16). The second kappa shape index (κ2) is 4.22. The third kappa shape index (κ3) is 2.31. The lowest BCUT2D eigenvalue weighted by atomic mass is 10.3. The first-order chi connectivity index (χ1) is 7.65. The first-order valence-corrected chi connectivity index (χ1v) is 4.49. The maximum atomic E-state index is 12.9. The highest BCUT2D eigenvalue weighted by atomic mass is 19.2. The zero-order valence-corrected chi connectivity index (χ0v) is 8.05. The molecule has 0 amide bonds. The van der Waals surface area contributed by atoms with Gasteiger partial charge in [-0.3, -0.25) is 0 Å². The van der Waals surface area contributed by atoms with Crippen LogP contribution >= 0.6 is 0 Å². The molecule has 1 N–H and O–H groups in total. The van der Waals surface area contributed by atoms with Crippen LogP contribution in [0.25, 0.3) is 0 Å². The molecule has 2 nitrogen and oxygen atoms in total. The Morgan fingerprint density at radius 3 is 2.31 bits per heavy atom. The number of nitrogens with one attached hydrogen (secondary N) is 1. The molecule has 1 aromatic heterocycles. The number of pyridine rings is 1. The lowest BCUT2D eigenvalue weighted by molar-refractivity contribution is 0.509. The molecule has 0 aliphatic rings. The highest BCUT2D eigenvalue weighted by Gasteiger charge is 2.03. The fourth-order valence-corrected chi connectivity index (χ4v) is 1.22. The van der Waals surface area contributed by atoms with Crippen LogP contribution in [0.2, 0.25) is 0 Å². The van der Waals surface area contributed by atoms with Crippen molar-refractivity contribution in [1.82, 2.24) is 4.98 Å². The van der Waals surface area contributed by atoms with Crippen LogP contribution in [0.1, 0.15) is 0 Å². The van der Waals surface area contributed by atoms with E-state index in [0.717, 1.165) is 18.2 Å². The molecule has 0 saturated carbocycles. The minimum atomic E-state index is -0.959. The molecule has 5 heteroatoms. The molecule has 0 fully saturated rings. The highest BCUT2D eigenvalue weighted by Crippen LogP contribution is 2.18. The normalized spacial score (nSPS) is 10.2. The predicted octanol–water partition coefficient (Wildman–Crippen LogP) is 3.24. The number of hydrogen-bond donors (Lipinski definition) is 1. The van der Waals surface area contributed by atoms with Crippen molar-refractivity contribution in [3.8, 4) is 0 Å². The molecule has 0 atom stereocenters. The van der Waals surface area contributed by atoms with E-state index in [-0.39, 0.29) is 0 Å². The van der Waals surface area contributed by atoms with Crippen molar-refractivity contribution in [2.24, 2.45) is 0 Å². The van der Waals surface area contributed by atoms with Crippen molar-refractivity contribution in [2.45, 2.75) is 0 Å². The number of anilines is 2. The summed E-state index contributed by atoms with van der Waals surface area (Å²) in [6.45, 7) is 0. The quantitative estimate of drug-likeness (QED) is 0.792. The summed E-state index contributed by atoms with van der Waals surface area (Å²) >= 11 is 0. The van der Waals surface area contributed by atoms with Crippen LogP contribution in [0.4, 0.5) is 24.5 Å². The van der Waals surface area contributed by atoms with E-state index < -0.39 is 17.6 Å². The highest BCUT2D eigenvalue weighted by molar-refractivity contribution is 5.58. The Morgan fingerprint density at radius 2 is 1.62 bits per heavy atom. The summed E-state index contributed by atoms with van der Waals surface area (Å²) in [6.07, 6.45) is 1.28. The molecule has 0 aliphatic carbocycles. The number of hydrogen-bond acceptors (Lipinski definition) is 2. The lowest BCUT2D eigenvalue weighted by Gasteiger charge is -2.06. The van der Waals surface area contributed by atoms with E-state index in [9.17, 15) is 13.2 Å². The van der Waals surface area contributed by atoms with E-state index in [1.807, 2.05) is 0 Å². The number of halogens is 3. The first-order valence-electron chi connectivity index (χ1n) is 4.49. The number of nitrogens with zero attached hydrogens (tertiary/aromatic N) is 1. The molecule has 2 rings (SSSR count). The summed E-state index contributed by atoms with van der Waals surface area (Å²) in [5.74, 6) is -2.53. The fraction of sp³-hybridized carbons (Fsp3) is 0. The summed E-state index contributed by atoms with van der Waals surface area (Å²) in [6, 6.07) is 6.02. The summed E-state index contributed by atoms with van der Waals surface area (Å²) in [7, 11) is 0. The molecule has 0 unspecified atom stereocenters. The van der Waals surface area contributed by atoms with Crippen molar-refractivity contribution in [3.05, 3.63) is 54.1 Å². The first kappa shape index (κ1) is 10.5. The summed E-state index contributed by atoms with van der Waals surface area (Å²) < 4.78 is 38.2. The molecular formula is C11H7F3N2. The maximum absolute atomic E-state index is 12.9. The fourth-order valence-electron chi connectivity index (χ4n) is 1.22. The number of benzene rings is 1. The molecule has 82 valence electrons. The van der Waals surface area contributed by atoms with Gasteiger partial charge in [0.15, 0.2) is 11.6 Å². The SMILES string of the molecule is Fc1cc(Nc2ccc(F)c(F)c2)ccn1. The van der Waals surface area contributed by atoms with E-state index in [2.05, 4.69) is 10.3 Å². The lowest BCUT2D eigenvalue weighted by Crippen LogP contribution is -1.94. The smallest absolute Gasteiger partial charge is 0.214 e.